The number of hydrogen-bond donors (Lipinski definition) is 3. The number of nitrogens with one attached hydrogen (secondary N) is 2. The van der Waals surface area contributed by atoms with Crippen LogP contribution in [0.5, 0.6) is 5.88 Å². The predicted octanol–water partition coefficient (Wildman–Crippen LogP) is 3.75. The van der Waals surface area contributed by atoms with Crippen LogP contribution in [0.25, 0.3) is 6.08 Å². The Labute approximate surface area is 169 Å². The number of nitrogen functional groups attached to an aromatic ring is 1. The van der Waals surface area contributed by atoms with E-state index < -0.39 is 0 Å². The summed E-state index contributed by atoms with van der Waals surface area (Å²) in [4.78, 5) is 20.9. The van der Waals surface area contributed by atoms with Gasteiger partial charge in [-0.3, -0.25) is 4.79 Å². The van der Waals surface area contributed by atoms with Gasteiger partial charge in [-0.05, 0) is 36.8 Å². The standard InChI is InChI=1S/C22H23N5O2/c1-15-14-20(29-2)27-22(25-15)24-13-5-6-16-9-11-17(12-10-16)21(28)26-19-8-4-3-7-18(19)23/h3-12,14H,13,23H2,1-2H3,(H,26,28)(H,24,25,27)/b6-5+. The molecule has 0 atom stereocenters. The summed E-state index contributed by atoms with van der Waals surface area (Å²) < 4.78 is 5.14. The zero-order chi connectivity index (χ0) is 20.6. The Kier molecular flexibility index (Phi) is 6.42. The van der Waals surface area contributed by atoms with Crippen molar-refractivity contribution in [2.24, 2.45) is 0 Å². The molecule has 148 valence electrons. The molecule has 3 aromatic rings. The summed E-state index contributed by atoms with van der Waals surface area (Å²) in [6, 6.07) is 16.2. The number of anilines is 3. The number of amides is 1. The Morgan fingerprint density at radius 1 is 1.14 bits per heavy atom. The van der Waals surface area contributed by atoms with E-state index in [1.807, 2.05) is 43.3 Å². The van der Waals surface area contributed by atoms with E-state index in [1.165, 1.54) is 0 Å². The van der Waals surface area contributed by atoms with Gasteiger partial charge in [0.2, 0.25) is 11.8 Å². The SMILES string of the molecule is COc1cc(C)nc(NC/C=C/c2ccc(C(=O)Nc3ccccc3N)cc2)n1. The molecule has 7 heteroatoms. The van der Waals surface area contributed by atoms with E-state index in [2.05, 4.69) is 20.6 Å². The quantitative estimate of drug-likeness (QED) is 0.532. The third-order valence-corrected chi connectivity index (χ3v) is 4.11. The zero-order valence-corrected chi connectivity index (χ0v) is 16.3. The first-order valence-corrected chi connectivity index (χ1v) is 9.11. The van der Waals surface area contributed by atoms with Crippen molar-refractivity contribution in [1.29, 1.82) is 0 Å². The Morgan fingerprint density at radius 3 is 2.62 bits per heavy atom. The number of ether oxygens (including phenoxy) is 1. The van der Waals surface area contributed by atoms with Crippen molar-refractivity contribution in [2.75, 3.05) is 30.0 Å². The summed E-state index contributed by atoms with van der Waals surface area (Å²) >= 11 is 0. The van der Waals surface area contributed by atoms with Crippen LogP contribution >= 0.6 is 0 Å². The fraction of sp³-hybridized carbons (Fsp3) is 0.136. The first-order valence-electron chi connectivity index (χ1n) is 9.11. The second-order valence-electron chi connectivity index (χ2n) is 6.32. The van der Waals surface area contributed by atoms with E-state index in [-0.39, 0.29) is 5.91 Å². The van der Waals surface area contributed by atoms with Crippen LogP contribution < -0.4 is 21.1 Å². The molecule has 4 N–H and O–H groups in total. The number of hydrogen-bond acceptors (Lipinski definition) is 6. The molecule has 3 rings (SSSR count). The van der Waals surface area contributed by atoms with Crippen molar-refractivity contribution < 1.29 is 9.53 Å². The molecule has 29 heavy (non-hydrogen) atoms. The lowest BCUT2D eigenvalue weighted by atomic mass is 10.1. The van der Waals surface area contributed by atoms with Crippen LogP contribution in [0.15, 0.2) is 60.7 Å². The van der Waals surface area contributed by atoms with Crippen LogP contribution in [0.1, 0.15) is 21.6 Å². The van der Waals surface area contributed by atoms with E-state index in [1.54, 1.807) is 37.4 Å². The molecule has 0 aliphatic carbocycles. The lowest BCUT2D eigenvalue weighted by Crippen LogP contribution is -2.12. The summed E-state index contributed by atoms with van der Waals surface area (Å²) in [5.41, 5.74) is 9.35. The molecule has 0 saturated carbocycles. The second kappa shape index (κ2) is 9.36. The molecule has 1 amide bonds. The molecule has 0 spiro atoms. The summed E-state index contributed by atoms with van der Waals surface area (Å²) in [6.45, 7) is 2.44. The molecule has 2 aromatic carbocycles. The van der Waals surface area contributed by atoms with Gasteiger partial charge >= 0.3 is 0 Å². The van der Waals surface area contributed by atoms with Gasteiger partial charge in [-0.2, -0.15) is 4.98 Å². The van der Waals surface area contributed by atoms with Crippen molar-refractivity contribution in [3.63, 3.8) is 0 Å². The average Bonchev–Trinajstić information content (AvgIpc) is 2.73. The Bertz CT molecular complexity index is 1020. The molecule has 0 fully saturated rings. The van der Waals surface area contributed by atoms with E-state index in [0.717, 1.165) is 11.3 Å². The average molecular weight is 389 g/mol. The lowest BCUT2D eigenvalue weighted by molar-refractivity contribution is 0.102. The summed E-state index contributed by atoms with van der Waals surface area (Å²) in [5.74, 6) is 0.833. The highest BCUT2D eigenvalue weighted by Gasteiger charge is 2.07. The van der Waals surface area contributed by atoms with Crippen molar-refractivity contribution in [1.82, 2.24) is 9.97 Å². The van der Waals surface area contributed by atoms with Crippen LogP contribution in [0.2, 0.25) is 0 Å². The molecule has 0 saturated heterocycles. The van der Waals surface area contributed by atoms with Gasteiger partial charge in [-0.25, -0.2) is 4.98 Å². The Balaban J connectivity index is 1.55. The number of rotatable bonds is 7. The molecule has 0 unspecified atom stereocenters. The van der Waals surface area contributed by atoms with Crippen molar-refractivity contribution in [3.05, 3.63) is 77.5 Å². The maximum absolute atomic E-state index is 12.4. The zero-order valence-electron chi connectivity index (χ0n) is 16.3. The van der Waals surface area contributed by atoms with Gasteiger partial charge in [-0.15, -0.1) is 0 Å². The smallest absolute Gasteiger partial charge is 0.255 e. The van der Waals surface area contributed by atoms with Gasteiger partial charge in [0.25, 0.3) is 5.91 Å². The third-order valence-electron chi connectivity index (χ3n) is 4.11. The van der Waals surface area contributed by atoms with E-state index in [4.69, 9.17) is 10.5 Å². The largest absolute Gasteiger partial charge is 0.481 e. The van der Waals surface area contributed by atoms with Crippen LogP contribution in [-0.4, -0.2) is 29.5 Å². The van der Waals surface area contributed by atoms with Crippen LogP contribution in [-0.2, 0) is 0 Å². The number of nitrogens with zero attached hydrogens (tertiary/aromatic N) is 2. The highest BCUT2D eigenvalue weighted by atomic mass is 16.5. The Hall–Kier alpha value is -3.87. The summed E-state index contributed by atoms with van der Waals surface area (Å²) in [7, 11) is 1.57. The van der Waals surface area contributed by atoms with Crippen LogP contribution in [0.3, 0.4) is 0 Å². The number of benzene rings is 2. The normalized spacial score (nSPS) is 10.7. The molecule has 1 aromatic heterocycles. The minimum Gasteiger partial charge on any atom is -0.481 e. The highest BCUT2D eigenvalue weighted by Crippen LogP contribution is 2.18. The summed E-state index contributed by atoms with van der Waals surface area (Å²) in [5, 5.41) is 5.94. The van der Waals surface area contributed by atoms with Crippen LogP contribution in [0.4, 0.5) is 17.3 Å². The van der Waals surface area contributed by atoms with Gasteiger partial charge in [0, 0.05) is 23.9 Å². The predicted molar refractivity (Wildman–Crippen MR) is 116 cm³/mol. The fourth-order valence-corrected chi connectivity index (χ4v) is 2.62. The molecule has 0 bridgehead atoms. The minimum atomic E-state index is -0.203. The van der Waals surface area contributed by atoms with E-state index >= 15 is 0 Å². The summed E-state index contributed by atoms with van der Waals surface area (Å²) in [6.07, 6.45) is 3.91. The highest BCUT2D eigenvalue weighted by molar-refractivity contribution is 6.05. The number of nitrogens with two attached hydrogens (primary N) is 1. The number of carbonyl (C=O) groups is 1. The number of methoxy groups -OCH3 is 1. The molecule has 0 aliphatic heterocycles. The third kappa shape index (κ3) is 5.55. The van der Waals surface area contributed by atoms with E-state index in [9.17, 15) is 4.79 Å². The van der Waals surface area contributed by atoms with Gasteiger partial charge < -0.3 is 21.1 Å². The minimum absolute atomic E-state index is 0.203. The van der Waals surface area contributed by atoms with Gasteiger partial charge in [-0.1, -0.05) is 36.4 Å². The maximum atomic E-state index is 12.4. The van der Waals surface area contributed by atoms with Crippen molar-refractivity contribution in [3.8, 4) is 5.88 Å². The van der Waals surface area contributed by atoms with Crippen LogP contribution in [0, 0.1) is 6.92 Å². The Morgan fingerprint density at radius 2 is 1.90 bits per heavy atom. The van der Waals surface area contributed by atoms with Gasteiger partial charge in [0.15, 0.2) is 0 Å². The van der Waals surface area contributed by atoms with Gasteiger partial charge in [0.1, 0.15) is 0 Å². The molecule has 7 nitrogen and oxygen atoms in total. The van der Waals surface area contributed by atoms with Crippen molar-refractivity contribution in [2.45, 2.75) is 6.92 Å². The topological polar surface area (TPSA) is 102 Å². The molecular weight excluding hydrogens is 366 g/mol. The number of aromatic nitrogens is 2. The monoisotopic (exact) mass is 389 g/mol. The lowest BCUT2D eigenvalue weighted by Gasteiger charge is -2.08. The first kappa shape index (κ1) is 19.9. The van der Waals surface area contributed by atoms with Gasteiger partial charge in [0.05, 0.1) is 18.5 Å². The molecular formula is C22H23N5O2. The van der Waals surface area contributed by atoms with E-state index in [0.29, 0.717) is 35.3 Å². The second-order valence-corrected chi connectivity index (χ2v) is 6.32. The first-order chi connectivity index (χ1) is 14.0. The maximum Gasteiger partial charge on any atom is 0.255 e. The number of aryl methyl sites for hydroxylation is 1. The molecule has 1 heterocycles. The number of carbonyl (C=O) groups excluding carboxylic acids is 1. The molecule has 0 aliphatic rings. The fourth-order valence-electron chi connectivity index (χ4n) is 2.62. The number of para-hydroxylation sites is 2. The van der Waals surface area contributed by atoms with Crippen molar-refractivity contribution >= 4 is 29.3 Å². The molecule has 0 radical (unpaired) electrons.